The molecule has 28 heavy (non-hydrogen) atoms. The molecule has 5 nitrogen and oxygen atoms in total. The van der Waals surface area contributed by atoms with Gasteiger partial charge in [-0.2, -0.15) is 0 Å². The first-order chi connectivity index (χ1) is 13.3. The Morgan fingerprint density at radius 2 is 2.04 bits per heavy atom. The summed E-state index contributed by atoms with van der Waals surface area (Å²) in [5, 5.41) is 3.70. The number of Topliss-reactive ketones (excluding diaryl/α,β-unsaturated/α-hetero) is 1. The number of aromatic amines is 1. The number of anilines is 1. The van der Waals surface area contributed by atoms with Gasteiger partial charge in [0.05, 0.1) is 12.1 Å². The van der Waals surface area contributed by atoms with Crippen LogP contribution in [0.25, 0.3) is 10.9 Å². The maximum Gasteiger partial charge on any atom is 0.271 e. The highest BCUT2D eigenvalue weighted by Gasteiger charge is 2.17. The predicted molar refractivity (Wildman–Crippen MR) is 111 cm³/mol. The smallest absolute Gasteiger partial charge is 0.271 e. The molecule has 0 fully saturated rings. The van der Waals surface area contributed by atoms with Gasteiger partial charge in [0.15, 0.2) is 5.78 Å². The normalized spacial score (nSPS) is 11.4. The van der Waals surface area contributed by atoms with E-state index < -0.39 is 5.82 Å². The number of aryl methyl sites for hydroxylation is 2. The van der Waals surface area contributed by atoms with Crippen molar-refractivity contribution in [1.29, 1.82) is 0 Å². The third kappa shape index (κ3) is 3.86. The number of aromatic nitrogens is 2. The van der Waals surface area contributed by atoms with Crippen molar-refractivity contribution in [3.05, 3.63) is 63.5 Å². The van der Waals surface area contributed by atoms with Gasteiger partial charge in [-0.25, -0.2) is 4.39 Å². The van der Waals surface area contributed by atoms with Gasteiger partial charge in [-0.3, -0.25) is 9.59 Å². The molecule has 2 N–H and O–H groups in total. The second-order valence-corrected chi connectivity index (χ2v) is 7.41. The molecule has 0 aliphatic rings. The number of pyridine rings is 1. The molecule has 0 saturated heterocycles. The summed E-state index contributed by atoms with van der Waals surface area (Å²) < 4.78 is 16.1. The summed E-state index contributed by atoms with van der Waals surface area (Å²) in [4.78, 5) is 28.0. The number of halogens is 1. The third-order valence-corrected chi connectivity index (χ3v) is 4.85. The number of rotatable bonds is 7. The molecular weight excluding hydrogens is 357 g/mol. The summed E-state index contributed by atoms with van der Waals surface area (Å²) in [6.07, 6.45) is 3.49. The molecule has 3 aromatic rings. The van der Waals surface area contributed by atoms with E-state index in [1.165, 1.54) is 12.1 Å². The number of carbonyl (C=O) groups is 1. The van der Waals surface area contributed by atoms with Crippen LogP contribution in [0.4, 0.5) is 10.1 Å². The van der Waals surface area contributed by atoms with Gasteiger partial charge in [0.2, 0.25) is 0 Å². The van der Waals surface area contributed by atoms with Crippen LogP contribution in [-0.2, 0) is 6.42 Å². The van der Waals surface area contributed by atoms with E-state index in [4.69, 9.17) is 0 Å². The second-order valence-electron chi connectivity index (χ2n) is 7.41. The largest absolute Gasteiger partial charge is 0.373 e. The Morgan fingerprint density at radius 1 is 1.29 bits per heavy atom. The van der Waals surface area contributed by atoms with E-state index in [1.807, 2.05) is 50.6 Å². The van der Waals surface area contributed by atoms with E-state index in [9.17, 15) is 14.0 Å². The lowest BCUT2D eigenvalue weighted by atomic mass is 10.0. The van der Waals surface area contributed by atoms with Gasteiger partial charge in [0.25, 0.3) is 5.56 Å². The summed E-state index contributed by atoms with van der Waals surface area (Å²) in [7, 11) is 0. The van der Waals surface area contributed by atoms with E-state index in [0.29, 0.717) is 22.2 Å². The predicted octanol–water partition coefficient (Wildman–Crippen LogP) is 4.61. The fraction of sp³-hybridized carbons (Fsp3) is 0.364. The van der Waals surface area contributed by atoms with E-state index in [2.05, 4.69) is 10.3 Å². The first kappa shape index (κ1) is 19.9. The molecule has 0 radical (unpaired) electrons. The molecular formula is C22H26FN3O2. The topological polar surface area (TPSA) is 66.9 Å². The number of H-pyrrole nitrogens is 1. The summed E-state index contributed by atoms with van der Waals surface area (Å²) in [6.45, 7) is 7.81. The number of nitrogens with zero attached hydrogens (tertiary/aromatic N) is 1. The van der Waals surface area contributed by atoms with Crippen molar-refractivity contribution in [3.63, 3.8) is 0 Å². The Kier molecular flexibility index (Phi) is 5.68. The second kappa shape index (κ2) is 8.00. The number of benzene rings is 1. The van der Waals surface area contributed by atoms with Crippen LogP contribution in [-0.4, -0.2) is 21.9 Å². The van der Waals surface area contributed by atoms with Crippen molar-refractivity contribution in [2.24, 2.45) is 0 Å². The molecule has 2 aromatic heterocycles. The van der Waals surface area contributed by atoms with Crippen LogP contribution >= 0.6 is 0 Å². The molecule has 0 atom stereocenters. The summed E-state index contributed by atoms with van der Waals surface area (Å²) in [5.74, 6) is -0.704. The molecule has 3 rings (SSSR count). The Morgan fingerprint density at radius 3 is 2.71 bits per heavy atom. The molecule has 0 unspecified atom stereocenters. The molecule has 148 valence electrons. The van der Waals surface area contributed by atoms with Crippen molar-refractivity contribution >= 4 is 22.4 Å². The Hall–Kier alpha value is -2.89. The van der Waals surface area contributed by atoms with Gasteiger partial charge in [-0.15, -0.1) is 0 Å². The van der Waals surface area contributed by atoms with E-state index in [-0.39, 0.29) is 23.9 Å². The number of ketones is 1. The van der Waals surface area contributed by atoms with E-state index >= 15 is 0 Å². The van der Waals surface area contributed by atoms with Crippen LogP contribution in [0.5, 0.6) is 0 Å². The maximum atomic E-state index is 14.2. The van der Waals surface area contributed by atoms with Crippen molar-refractivity contribution in [2.45, 2.75) is 46.6 Å². The lowest BCUT2D eigenvalue weighted by Crippen LogP contribution is -2.22. The third-order valence-electron chi connectivity index (χ3n) is 4.85. The van der Waals surface area contributed by atoms with Crippen LogP contribution < -0.4 is 10.9 Å². The van der Waals surface area contributed by atoms with Crippen molar-refractivity contribution < 1.29 is 9.18 Å². The molecule has 1 aromatic carbocycles. The average molecular weight is 383 g/mol. The Labute approximate surface area is 163 Å². The number of hydrogen-bond donors (Lipinski definition) is 2. The van der Waals surface area contributed by atoms with Crippen LogP contribution in [0.15, 0.2) is 35.3 Å². The Balaban J connectivity index is 1.92. The summed E-state index contributed by atoms with van der Waals surface area (Å²) in [5.41, 5.74) is 2.85. The van der Waals surface area contributed by atoms with Crippen molar-refractivity contribution in [1.82, 2.24) is 9.55 Å². The zero-order chi connectivity index (χ0) is 20.4. The zero-order valence-electron chi connectivity index (χ0n) is 16.7. The highest BCUT2D eigenvalue weighted by Crippen LogP contribution is 2.25. The van der Waals surface area contributed by atoms with Crippen molar-refractivity contribution in [3.8, 4) is 0 Å². The minimum Gasteiger partial charge on any atom is -0.373 e. The van der Waals surface area contributed by atoms with Crippen LogP contribution in [0.1, 0.15) is 54.8 Å². The van der Waals surface area contributed by atoms with Crippen molar-refractivity contribution in [2.75, 3.05) is 11.9 Å². The molecule has 0 spiro atoms. The minimum atomic E-state index is -0.448. The van der Waals surface area contributed by atoms with Crippen LogP contribution in [0.3, 0.4) is 0 Å². The highest BCUT2D eigenvalue weighted by molar-refractivity contribution is 6.09. The summed E-state index contributed by atoms with van der Waals surface area (Å²) in [6, 6.07) is 6.62. The zero-order valence-corrected chi connectivity index (χ0v) is 16.7. The summed E-state index contributed by atoms with van der Waals surface area (Å²) >= 11 is 0. The standard InChI is InChI=1S/C22H26FN3O2/c1-5-6-15-9-14(4)25-22(28)21(15)24-12-20(27)18-10-16(23)11-19-17(18)7-8-26(19)13(2)3/h7-11,13,24H,5-6,12H2,1-4H3,(H,25,28). The highest BCUT2D eigenvalue weighted by atomic mass is 19.1. The first-order valence-corrected chi connectivity index (χ1v) is 9.61. The number of carbonyl (C=O) groups excluding carboxylic acids is 1. The molecule has 0 aliphatic carbocycles. The quantitative estimate of drug-likeness (QED) is 0.586. The molecule has 0 saturated carbocycles. The van der Waals surface area contributed by atoms with Gasteiger partial charge in [-0.1, -0.05) is 13.3 Å². The number of fused-ring (bicyclic) bond motifs is 1. The lowest BCUT2D eigenvalue weighted by molar-refractivity contribution is 0.101. The maximum absolute atomic E-state index is 14.2. The SMILES string of the molecule is CCCc1cc(C)[nH]c(=O)c1NCC(=O)c1cc(F)cc2c1ccn2C(C)C. The van der Waals surface area contributed by atoms with Gasteiger partial charge in [-0.05, 0) is 57.0 Å². The average Bonchev–Trinajstić information content (AvgIpc) is 3.04. The van der Waals surface area contributed by atoms with Gasteiger partial charge in [0.1, 0.15) is 11.5 Å². The van der Waals surface area contributed by atoms with Gasteiger partial charge >= 0.3 is 0 Å². The lowest BCUT2D eigenvalue weighted by Gasteiger charge is -2.13. The molecule has 0 amide bonds. The van der Waals surface area contributed by atoms with Gasteiger partial charge < -0.3 is 14.9 Å². The fourth-order valence-corrected chi connectivity index (χ4v) is 3.59. The van der Waals surface area contributed by atoms with E-state index in [1.54, 1.807) is 0 Å². The number of hydrogen-bond acceptors (Lipinski definition) is 3. The molecule has 0 bridgehead atoms. The Bertz CT molecular complexity index is 1080. The van der Waals surface area contributed by atoms with E-state index in [0.717, 1.165) is 24.1 Å². The molecule has 0 aliphatic heterocycles. The van der Waals surface area contributed by atoms with Crippen LogP contribution in [0.2, 0.25) is 0 Å². The van der Waals surface area contributed by atoms with Crippen LogP contribution in [0, 0.1) is 12.7 Å². The minimum absolute atomic E-state index is 0.0751. The monoisotopic (exact) mass is 383 g/mol. The number of nitrogens with one attached hydrogen (secondary N) is 2. The fourth-order valence-electron chi connectivity index (χ4n) is 3.59. The molecule has 2 heterocycles. The molecule has 6 heteroatoms. The van der Waals surface area contributed by atoms with Gasteiger partial charge in [0, 0.05) is 28.9 Å². The first-order valence-electron chi connectivity index (χ1n) is 9.61.